The third-order valence-electron chi connectivity index (χ3n) is 3.49. The molecule has 0 radical (unpaired) electrons. The Balaban J connectivity index is 1.73. The second-order valence-electron chi connectivity index (χ2n) is 4.98. The van der Waals surface area contributed by atoms with Crippen molar-refractivity contribution in [3.05, 3.63) is 46.0 Å². The van der Waals surface area contributed by atoms with E-state index in [1.165, 1.54) is 24.8 Å². The van der Waals surface area contributed by atoms with E-state index in [1.54, 1.807) is 17.6 Å². The maximum Gasteiger partial charge on any atom is 0.374 e. The van der Waals surface area contributed by atoms with Gasteiger partial charge in [-0.15, -0.1) is 11.3 Å². The molecule has 20 heavy (non-hydrogen) atoms. The lowest BCUT2D eigenvalue weighted by molar-refractivity contribution is 0.0561. The van der Waals surface area contributed by atoms with Crippen molar-refractivity contribution in [1.29, 1.82) is 0 Å². The molecule has 0 unspecified atom stereocenters. The molecule has 0 atom stereocenters. The van der Waals surface area contributed by atoms with E-state index in [-0.39, 0.29) is 0 Å². The molecule has 1 fully saturated rings. The van der Waals surface area contributed by atoms with Gasteiger partial charge in [0.15, 0.2) is 0 Å². The molecular weight excluding hydrogens is 274 g/mol. The summed E-state index contributed by atoms with van der Waals surface area (Å²) in [5.41, 5.74) is 0.903. The summed E-state index contributed by atoms with van der Waals surface area (Å²) in [6.07, 6.45) is 4.02. The van der Waals surface area contributed by atoms with Crippen LogP contribution in [0.3, 0.4) is 0 Å². The number of carbonyl (C=O) groups is 1. The van der Waals surface area contributed by atoms with Crippen LogP contribution in [0.5, 0.6) is 0 Å². The molecule has 0 aromatic carbocycles. The van der Waals surface area contributed by atoms with Crippen molar-refractivity contribution in [3.8, 4) is 0 Å². The van der Waals surface area contributed by atoms with Crippen molar-refractivity contribution in [2.75, 3.05) is 7.11 Å². The monoisotopic (exact) mass is 291 g/mol. The van der Waals surface area contributed by atoms with Crippen LogP contribution in [-0.4, -0.2) is 24.0 Å². The molecule has 2 heterocycles. The van der Waals surface area contributed by atoms with E-state index >= 15 is 0 Å². The molecule has 1 aliphatic rings. The van der Waals surface area contributed by atoms with E-state index in [4.69, 9.17) is 9.15 Å². The number of methoxy groups -OCH3 is 1. The van der Waals surface area contributed by atoms with Crippen LogP contribution < -0.4 is 0 Å². The number of furan rings is 1. The number of nitrogens with zero attached hydrogens (tertiary/aromatic N) is 1. The molecule has 4 nitrogen and oxygen atoms in total. The molecule has 0 spiro atoms. The Morgan fingerprint density at radius 1 is 1.45 bits per heavy atom. The predicted octanol–water partition coefficient (Wildman–Crippen LogP) is 3.29. The van der Waals surface area contributed by atoms with Crippen molar-refractivity contribution in [2.24, 2.45) is 0 Å². The van der Waals surface area contributed by atoms with Crippen LogP contribution in [0.15, 0.2) is 34.3 Å². The maximum absolute atomic E-state index is 11.6. The SMILES string of the molecule is COC(=O)c1occc1CN(Cc1cccs1)C1CC1. The number of esters is 1. The molecular formula is C15H17NO3S. The van der Waals surface area contributed by atoms with Gasteiger partial charge < -0.3 is 9.15 Å². The summed E-state index contributed by atoms with van der Waals surface area (Å²) in [5, 5.41) is 2.10. The Morgan fingerprint density at radius 2 is 2.30 bits per heavy atom. The van der Waals surface area contributed by atoms with Gasteiger partial charge in [0.2, 0.25) is 5.76 Å². The highest BCUT2D eigenvalue weighted by Crippen LogP contribution is 2.31. The highest BCUT2D eigenvalue weighted by Gasteiger charge is 2.30. The highest BCUT2D eigenvalue weighted by atomic mass is 32.1. The van der Waals surface area contributed by atoms with E-state index in [1.807, 2.05) is 6.07 Å². The predicted molar refractivity (Wildman–Crippen MR) is 76.6 cm³/mol. The lowest BCUT2D eigenvalue weighted by atomic mass is 10.2. The molecule has 3 rings (SSSR count). The molecule has 2 aromatic rings. The van der Waals surface area contributed by atoms with E-state index < -0.39 is 5.97 Å². The number of carbonyl (C=O) groups excluding carboxylic acids is 1. The Hall–Kier alpha value is -1.59. The van der Waals surface area contributed by atoms with Gasteiger partial charge >= 0.3 is 5.97 Å². The average molecular weight is 291 g/mol. The van der Waals surface area contributed by atoms with Gasteiger partial charge in [-0.2, -0.15) is 0 Å². The molecule has 0 amide bonds. The van der Waals surface area contributed by atoms with Gasteiger partial charge in [-0.05, 0) is 30.4 Å². The number of hydrogen-bond acceptors (Lipinski definition) is 5. The molecule has 2 aromatic heterocycles. The van der Waals surface area contributed by atoms with Crippen molar-refractivity contribution in [3.63, 3.8) is 0 Å². The molecule has 0 aliphatic heterocycles. The van der Waals surface area contributed by atoms with Crippen LogP contribution in [0.25, 0.3) is 0 Å². The largest absolute Gasteiger partial charge is 0.463 e. The zero-order valence-corrected chi connectivity index (χ0v) is 12.2. The van der Waals surface area contributed by atoms with Gasteiger partial charge in [0.05, 0.1) is 13.4 Å². The third kappa shape index (κ3) is 2.94. The first-order valence-electron chi connectivity index (χ1n) is 6.69. The minimum Gasteiger partial charge on any atom is -0.463 e. The average Bonchev–Trinajstić information content (AvgIpc) is 2.99. The van der Waals surface area contributed by atoms with Crippen molar-refractivity contribution < 1.29 is 13.9 Å². The van der Waals surface area contributed by atoms with E-state index in [0.29, 0.717) is 11.8 Å². The second-order valence-corrected chi connectivity index (χ2v) is 6.01. The molecule has 106 valence electrons. The lowest BCUT2D eigenvalue weighted by Gasteiger charge is -2.20. The van der Waals surface area contributed by atoms with Gasteiger partial charge in [-0.25, -0.2) is 4.79 Å². The normalized spacial score (nSPS) is 14.7. The fourth-order valence-corrected chi connectivity index (χ4v) is 3.04. The second kappa shape index (κ2) is 5.81. The van der Waals surface area contributed by atoms with Crippen molar-refractivity contribution in [1.82, 2.24) is 4.90 Å². The summed E-state index contributed by atoms with van der Waals surface area (Å²) in [6.45, 7) is 1.65. The van der Waals surface area contributed by atoms with Crippen LogP contribution in [0, 0.1) is 0 Å². The molecule has 0 bridgehead atoms. The first-order chi connectivity index (χ1) is 9.78. The summed E-state index contributed by atoms with van der Waals surface area (Å²) >= 11 is 1.77. The maximum atomic E-state index is 11.6. The van der Waals surface area contributed by atoms with E-state index in [9.17, 15) is 4.79 Å². The smallest absolute Gasteiger partial charge is 0.374 e. The molecule has 0 saturated heterocycles. The third-order valence-corrected chi connectivity index (χ3v) is 4.35. The Kier molecular flexibility index (Phi) is 3.89. The summed E-state index contributed by atoms with van der Waals surface area (Å²) in [5.74, 6) is -0.0822. The first-order valence-corrected chi connectivity index (χ1v) is 7.57. The topological polar surface area (TPSA) is 42.7 Å². The summed E-state index contributed by atoms with van der Waals surface area (Å²) in [4.78, 5) is 15.4. The van der Waals surface area contributed by atoms with Gasteiger partial charge in [-0.1, -0.05) is 6.07 Å². The molecule has 1 aliphatic carbocycles. The standard InChI is InChI=1S/C15H17NO3S/c1-18-15(17)14-11(6-7-19-14)9-16(12-4-5-12)10-13-3-2-8-20-13/h2-3,6-8,12H,4-5,9-10H2,1H3. The van der Waals surface area contributed by atoms with E-state index in [0.717, 1.165) is 18.7 Å². The Bertz CT molecular complexity index is 572. The summed E-state index contributed by atoms with van der Waals surface area (Å²) in [7, 11) is 1.37. The van der Waals surface area contributed by atoms with Crippen LogP contribution in [0.2, 0.25) is 0 Å². The van der Waals surface area contributed by atoms with Crippen LogP contribution in [0.1, 0.15) is 33.8 Å². The Morgan fingerprint density at radius 3 is 2.95 bits per heavy atom. The van der Waals surface area contributed by atoms with Gasteiger partial charge in [0.25, 0.3) is 0 Å². The quantitative estimate of drug-likeness (QED) is 0.766. The van der Waals surface area contributed by atoms with Crippen molar-refractivity contribution in [2.45, 2.75) is 32.0 Å². The number of hydrogen-bond donors (Lipinski definition) is 0. The fourth-order valence-electron chi connectivity index (χ4n) is 2.31. The first kappa shape index (κ1) is 13.4. The van der Waals surface area contributed by atoms with E-state index in [2.05, 4.69) is 22.4 Å². The number of thiophene rings is 1. The summed E-state index contributed by atoms with van der Waals surface area (Å²) < 4.78 is 10.0. The summed E-state index contributed by atoms with van der Waals surface area (Å²) in [6, 6.07) is 6.70. The van der Waals surface area contributed by atoms with Gasteiger partial charge in [-0.3, -0.25) is 4.90 Å². The zero-order chi connectivity index (χ0) is 13.9. The fraction of sp³-hybridized carbons (Fsp3) is 0.400. The Labute approximate surface area is 122 Å². The zero-order valence-electron chi connectivity index (χ0n) is 11.4. The minimum absolute atomic E-state index is 0.323. The van der Waals surface area contributed by atoms with Crippen molar-refractivity contribution >= 4 is 17.3 Å². The van der Waals surface area contributed by atoms with Crippen LogP contribution in [-0.2, 0) is 17.8 Å². The number of rotatable bonds is 6. The molecule has 0 N–H and O–H groups in total. The van der Waals surface area contributed by atoms with Gasteiger partial charge in [0, 0.05) is 29.6 Å². The van der Waals surface area contributed by atoms with Crippen LogP contribution >= 0.6 is 11.3 Å². The lowest BCUT2D eigenvalue weighted by Crippen LogP contribution is -2.25. The number of ether oxygens (including phenoxy) is 1. The van der Waals surface area contributed by atoms with Crippen LogP contribution in [0.4, 0.5) is 0 Å². The highest BCUT2D eigenvalue weighted by molar-refractivity contribution is 7.09. The molecule has 1 saturated carbocycles. The minimum atomic E-state index is -0.406. The molecule has 5 heteroatoms. The van der Waals surface area contributed by atoms with Gasteiger partial charge in [0.1, 0.15) is 0 Å².